The lowest BCUT2D eigenvalue weighted by atomic mass is 9.74. The number of benzene rings is 1. The SMILES string of the molecule is O=C(O)CC1(NC(=O)C2Cc3ccccc3N2)CCC1. The fourth-order valence-electron chi connectivity index (χ4n) is 3.04. The lowest BCUT2D eigenvalue weighted by Gasteiger charge is -2.42. The van der Waals surface area contributed by atoms with Gasteiger partial charge in [0.15, 0.2) is 0 Å². The summed E-state index contributed by atoms with van der Waals surface area (Å²) >= 11 is 0. The van der Waals surface area contributed by atoms with E-state index in [0.29, 0.717) is 6.42 Å². The van der Waals surface area contributed by atoms with Crippen LogP contribution < -0.4 is 10.6 Å². The fourth-order valence-corrected chi connectivity index (χ4v) is 3.04. The van der Waals surface area contributed by atoms with Gasteiger partial charge >= 0.3 is 5.97 Å². The van der Waals surface area contributed by atoms with Gasteiger partial charge in [-0.3, -0.25) is 9.59 Å². The minimum Gasteiger partial charge on any atom is -0.481 e. The van der Waals surface area contributed by atoms with Crippen molar-refractivity contribution in [1.29, 1.82) is 0 Å². The van der Waals surface area contributed by atoms with Gasteiger partial charge in [-0.2, -0.15) is 0 Å². The number of carboxylic acids is 1. The number of nitrogens with one attached hydrogen (secondary N) is 2. The van der Waals surface area contributed by atoms with E-state index in [0.717, 1.165) is 30.5 Å². The fraction of sp³-hybridized carbons (Fsp3) is 0.467. The molecule has 1 fully saturated rings. The van der Waals surface area contributed by atoms with Crippen molar-refractivity contribution in [3.8, 4) is 0 Å². The molecule has 3 rings (SSSR count). The maximum atomic E-state index is 12.3. The molecule has 1 unspecified atom stereocenters. The monoisotopic (exact) mass is 274 g/mol. The summed E-state index contributed by atoms with van der Waals surface area (Å²) in [6.07, 6.45) is 3.16. The maximum absolute atomic E-state index is 12.3. The molecule has 5 nitrogen and oxygen atoms in total. The third-order valence-electron chi connectivity index (χ3n) is 4.28. The van der Waals surface area contributed by atoms with Gasteiger partial charge in [0.2, 0.25) is 5.91 Å². The van der Waals surface area contributed by atoms with Gasteiger partial charge in [-0.25, -0.2) is 0 Å². The van der Waals surface area contributed by atoms with Crippen LogP contribution in [0.1, 0.15) is 31.2 Å². The smallest absolute Gasteiger partial charge is 0.305 e. The van der Waals surface area contributed by atoms with Crippen LogP contribution in [0.3, 0.4) is 0 Å². The van der Waals surface area contributed by atoms with Crippen molar-refractivity contribution in [1.82, 2.24) is 5.32 Å². The van der Waals surface area contributed by atoms with Crippen LogP contribution in [0, 0.1) is 0 Å². The molecule has 2 aliphatic rings. The number of amides is 1. The average molecular weight is 274 g/mol. The molecule has 3 N–H and O–H groups in total. The van der Waals surface area contributed by atoms with E-state index in [1.54, 1.807) is 0 Å². The number of fused-ring (bicyclic) bond motifs is 1. The molecule has 0 saturated heterocycles. The van der Waals surface area contributed by atoms with E-state index in [1.165, 1.54) is 0 Å². The summed E-state index contributed by atoms with van der Waals surface area (Å²) in [4.78, 5) is 23.3. The number of aliphatic carboxylic acids is 1. The van der Waals surface area contributed by atoms with E-state index in [2.05, 4.69) is 10.6 Å². The van der Waals surface area contributed by atoms with Crippen LogP contribution in [0.25, 0.3) is 0 Å². The van der Waals surface area contributed by atoms with Crippen molar-refractivity contribution >= 4 is 17.6 Å². The maximum Gasteiger partial charge on any atom is 0.305 e. The van der Waals surface area contributed by atoms with Crippen LogP contribution in [-0.2, 0) is 16.0 Å². The van der Waals surface area contributed by atoms with Gasteiger partial charge in [-0.15, -0.1) is 0 Å². The number of hydrogen-bond donors (Lipinski definition) is 3. The normalized spacial score (nSPS) is 22.3. The Morgan fingerprint density at radius 3 is 2.70 bits per heavy atom. The van der Waals surface area contributed by atoms with Crippen molar-refractivity contribution in [3.63, 3.8) is 0 Å². The molecule has 0 radical (unpaired) electrons. The van der Waals surface area contributed by atoms with Crippen molar-refractivity contribution in [2.24, 2.45) is 0 Å². The topological polar surface area (TPSA) is 78.4 Å². The van der Waals surface area contributed by atoms with Crippen molar-refractivity contribution in [2.45, 2.75) is 43.7 Å². The molecule has 1 aromatic rings. The van der Waals surface area contributed by atoms with Crippen LogP contribution in [0.15, 0.2) is 24.3 Å². The van der Waals surface area contributed by atoms with E-state index in [1.807, 2.05) is 24.3 Å². The Labute approximate surface area is 117 Å². The Kier molecular flexibility index (Phi) is 3.12. The van der Waals surface area contributed by atoms with E-state index < -0.39 is 11.5 Å². The number of carboxylic acid groups (broad SMARTS) is 1. The van der Waals surface area contributed by atoms with E-state index >= 15 is 0 Å². The predicted molar refractivity (Wildman–Crippen MR) is 74.5 cm³/mol. The second kappa shape index (κ2) is 4.81. The zero-order valence-corrected chi connectivity index (χ0v) is 11.2. The summed E-state index contributed by atoms with van der Waals surface area (Å²) < 4.78 is 0. The zero-order valence-electron chi connectivity index (χ0n) is 11.2. The Hall–Kier alpha value is -2.04. The summed E-state index contributed by atoms with van der Waals surface area (Å²) in [5, 5.41) is 15.1. The van der Waals surface area contributed by atoms with Crippen LogP contribution in [-0.4, -0.2) is 28.6 Å². The number of carbonyl (C=O) groups is 2. The second-order valence-electron chi connectivity index (χ2n) is 5.75. The molecular weight excluding hydrogens is 256 g/mol. The minimum absolute atomic E-state index is 0.0123. The highest BCUT2D eigenvalue weighted by molar-refractivity contribution is 5.88. The van der Waals surface area contributed by atoms with Crippen LogP contribution in [0.5, 0.6) is 0 Å². The molecule has 0 aromatic heterocycles. The Morgan fingerprint density at radius 2 is 2.10 bits per heavy atom. The number of anilines is 1. The Bertz CT molecular complexity index is 527. The van der Waals surface area contributed by atoms with Crippen molar-refractivity contribution < 1.29 is 14.7 Å². The molecule has 1 amide bonds. The minimum atomic E-state index is -0.854. The molecule has 106 valence electrons. The van der Waals surface area contributed by atoms with Crippen LogP contribution >= 0.6 is 0 Å². The molecule has 5 heteroatoms. The van der Waals surface area contributed by atoms with Crippen molar-refractivity contribution in [3.05, 3.63) is 29.8 Å². The zero-order chi connectivity index (χ0) is 14.2. The third kappa shape index (κ3) is 2.35. The Morgan fingerprint density at radius 1 is 1.35 bits per heavy atom. The highest BCUT2D eigenvalue weighted by atomic mass is 16.4. The molecule has 1 aliphatic carbocycles. The summed E-state index contributed by atoms with van der Waals surface area (Å²) in [5.74, 6) is -0.949. The largest absolute Gasteiger partial charge is 0.481 e. The van der Waals surface area contributed by atoms with E-state index in [-0.39, 0.29) is 18.4 Å². The molecule has 1 atom stereocenters. The lowest BCUT2D eigenvalue weighted by Crippen LogP contribution is -2.57. The highest BCUT2D eigenvalue weighted by Crippen LogP contribution is 2.35. The molecule has 20 heavy (non-hydrogen) atoms. The van der Waals surface area contributed by atoms with Gasteiger partial charge in [-0.1, -0.05) is 18.2 Å². The molecule has 0 bridgehead atoms. The lowest BCUT2D eigenvalue weighted by molar-refractivity contribution is -0.140. The van der Waals surface area contributed by atoms with Gasteiger partial charge in [0.25, 0.3) is 0 Å². The molecule has 1 heterocycles. The molecule has 0 spiro atoms. The van der Waals surface area contributed by atoms with Gasteiger partial charge in [0.1, 0.15) is 6.04 Å². The first kappa shape index (κ1) is 13.0. The predicted octanol–water partition coefficient (Wildman–Crippen LogP) is 1.54. The first-order chi connectivity index (χ1) is 9.58. The number of para-hydroxylation sites is 1. The summed E-state index contributed by atoms with van der Waals surface area (Å²) in [6, 6.07) is 7.56. The molecule has 1 aromatic carbocycles. The number of rotatable bonds is 4. The molecule has 1 saturated carbocycles. The summed E-state index contributed by atoms with van der Waals surface area (Å²) in [7, 11) is 0. The summed E-state index contributed by atoms with van der Waals surface area (Å²) in [5.41, 5.74) is 1.60. The summed E-state index contributed by atoms with van der Waals surface area (Å²) in [6.45, 7) is 0. The number of carbonyl (C=O) groups excluding carboxylic acids is 1. The van der Waals surface area contributed by atoms with E-state index in [4.69, 9.17) is 5.11 Å². The third-order valence-corrected chi connectivity index (χ3v) is 4.28. The highest BCUT2D eigenvalue weighted by Gasteiger charge is 2.42. The van der Waals surface area contributed by atoms with Crippen LogP contribution in [0.4, 0.5) is 5.69 Å². The standard InChI is InChI=1S/C15H18N2O3/c18-13(19)9-15(6-3-7-15)17-14(20)12-8-10-4-1-2-5-11(10)16-12/h1-2,4-5,12,16H,3,6-9H2,(H,17,20)(H,18,19). The van der Waals surface area contributed by atoms with E-state index in [9.17, 15) is 9.59 Å². The second-order valence-corrected chi connectivity index (χ2v) is 5.75. The number of hydrogen-bond acceptors (Lipinski definition) is 3. The first-order valence-corrected chi connectivity index (χ1v) is 6.96. The van der Waals surface area contributed by atoms with Gasteiger partial charge in [-0.05, 0) is 30.9 Å². The first-order valence-electron chi connectivity index (χ1n) is 6.96. The van der Waals surface area contributed by atoms with Crippen LogP contribution in [0.2, 0.25) is 0 Å². The van der Waals surface area contributed by atoms with Gasteiger partial charge in [0, 0.05) is 12.1 Å². The molecule has 1 aliphatic heterocycles. The van der Waals surface area contributed by atoms with Gasteiger partial charge < -0.3 is 15.7 Å². The molecular formula is C15H18N2O3. The quantitative estimate of drug-likeness (QED) is 0.778. The van der Waals surface area contributed by atoms with Gasteiger partial charge in [0.05, 0.1) is 12.0 Å². The average Bonchev–Trinajstić information content (AvgIpc) is 2.79. The Balaban J connectivity index is 1.65. The van der Waals surface area contributed by atoms with Crippen molar-refractivity contribution in [2.75, 3.05) is 5.32 Å².